The van der Waals surface area contributed by atoms with E-state index in [1.54, 1.807) is 67.8 Å². The van der Waals surface area contributed by atoms with Gasteiger partial charge >= 0.3 is 5.63 Å². The lowest BCUT2D eigenvalue weighted by Gasteiger charge is -2.19. The second-order valence-electron chi connectivity index (χ2n) is 7.54. The largest absolute Gasteiger partial charge is 0.497 e. The van der Waals surface area contributed by atoms with Gasteiger partial charge in [0.15, 0.2) is 6.10 Å². The minimum atomic E-state index is -1.02. The highest BCUT2D eigenvalue weighted by atomic mass is 35.5. The zero-order chi connectivity index (χ0) is 23.1. The first-order valence-corrected chi connectivity index (χ1v) is 10.8. The Labute approximate surface area is 198 Å². The van der Waals surface area contributed by atoms with Gasteiger partial charge in [-0.05, 0) is 48.0 Å². The molecule has 5 rings (SSSR count). The van der Waals surface area contributed by atoms with Crippen molar-refractivity contribution in [2.45, 2.75) is 12.0 Å². The molecule has 0 aliphatic carbocycles. The fourth-order valence-corrected chi connectivity index (χ4v) is 4.32. The van der Waals surface area contributed by atoms with Crippen molar-refractivity contribution in [2.24, 2.45) is 0 Å². The monoisotopic (exact) mass is 481 g/mol. The summed E-state index contributed by atoms with van der Waals surface area (Å²) in [6, 6.07) is 19.0. The number of fused-ring (bicyclic) bond motifs is 3. The Hall–Kier alpha value is -3.48. The molecule has 33 heavy (non-hydrogen) atoms. The highest BCUT2D eigenvalue weighted by Crippen LogP contribution is 2.44. The SMILES string of the molecule is COc1ccc([C@@H]2c3c(c4ccccc4oc3=O)O[C@@H]2C(=O)Nc2ccc(Cl)c(Cl)c2)cc1. The molecule has 0 bridgehead atoms. The predicted octanol–water partition coefficient (Wildman–Crippen LogP) is 5.64. The molecule has 0 saturated carbocycles. The first-order chi connectivity index (χ1) is 16.0. The van der Waals surface area contributed by atoms with Gasteiger partial charge in [-0.15, -0.1) is 0 Å². The summed E-state index contributed by atoms with van der Waals surface area (Å²) in [5, 5.41) is 4.12. The third kappa shape index (κ3) is 3.81. The van der Waals surface area contributed by atoms with Crippen LogP contribution < -0.4 is 20.4 Å². The van der Waals surface area contributed by atoms with Crippen molar-refractivity contribution >= 4 is 45.8 Å². The number of hydrogen-bond acceptors (Lipinski definition) is 5. The number of nitrogens with one attached hydrogen (secondary N) is 1. The summed E-state index contributed by atoms with van der Waals surface area (Å²) in [4.78, 5) is 26.4. The van der Waals surface area contributed by atoms with Crippen LogP contribution in [0.2, 0.25) is 10.0 Å². The van der Waals surface area contributed by atoms with Crippen molar-refractivity contribution in [2.75, 3.05) is 12.4 Å². The molecule has 1 amide bonds. The van der Waals surface area contributed by atoms with E-state index in [2.05, 4.69) is 5.32 Å². The number of anilines is 1. The Bertz CT molecular complexity index is 1430. The van der Waals surface area contributed by atoms with Crippen LogP contribution in [-0.4, -0.2) is 19.1 Å². The molecule has 1 aliphatic rings. The highest BCUT2D eigenvalue weighted by Gasteiger charge is 2.44. The summed E-state index contributed by atoms with van der Waals surface area (Å²) >= 11 is 12.1. The Balaban J connectivity index is 1.61. The molecule has 2 atom stereocenters. The van der Waals surface area contributed by atoms with Gasteiger partial charge in [-0.3, -0.25) is 4.79 Å². The molecule has 4 aromatic rings. The second-order valence-corrected chi connectivity index (χ2v) is 8.35. The van der Waals surface area contributed by atoms with Crippen LogP contribution in [0.5, 0.6) is 11.5 Å². The van der Waals surface area contributed by atoms with E-state index < -0.39 is 23.6 Å². The van der Waals surface area contributed by atoms with E-state index in [1.165, 1.54) is 0 Å². The number of carbonyl (C=O) groups is 1. The molecule has 3 aromatic carbocycles. The Morgan fingerprint density at radius 3 is 2.48 bits per heavy atom. The summed E-state index contributed by atoms with van der Waals surface area (Å²) in [7, 11) is 1.57. The zero-order valence-electron chi connectivity index (χ0n) is 17.3. The van der Waals surface area contributed by atoms with Crippen LogP contribution in [0.1, 0.15) is 17.0 Å². The zero-order valence-corrected chi connectivity index (χ0v) is 18.8. The normalized spacial score (nSPS) is 16.8. The smallest absolute Gasteiger partial charge is 0.344 e. The first-order valence-electron chi connectivity index (χ1n) is 10.1. The number of amides is 1. The van der Waals surface area contributed by atoms with E-state index in [-0.39, 0.29) is 0 Å². The third-order valence-corrected chi connectivity index (χ3v) is 6.32. The minimum Gasteiger partial charge on any atom is -0.497 e. The molecular weight excluding hydrogens is 465 g/mol. The van der Waals surface area contributed by atoms with Crippen LogP contribution in [0, 0.1) is 0 Å². The molecule has 0 fully saturated rings. The third-order valence-electron chi connectivity index (χ3n) is 5.58. The van der Waals surface area contributed by atoms with Gasteiger partial charge in [0.25, 0.3) is 5.91 Å². The van der Waals surface area contributed by atoms with Crippen molar-refractivity contribution in [1.82, 2.24) is 0 Å². The minimum absolute atomic E-state index is 0.299. The van der Waals surface area contributed by atoms with Crippen LogP contribution >= 0.6 is 23.2 Å². The van der Waals surface area contributed by atoms with Crippen molar-refractivity contribution in [3.8, 4) is 11.5 Å². The second kappa shape index (κ2) is 8.46. The van der Waals surface area contributed by atoms with Crippen LogP contribution in [0.3, 0.4) is 0 Å². The summed E-state index contributed by atoms with van der Waals surface area (Å²) in [5.41, 5.74) is 1.31. The lowest BCUT2D eigenvalue weighted by Crippen LogP contribution is -2.35. The molecule has 0 unspecified atom stereocenters. The fraction of sp³-hybridized carbons (Fsp3) is 0.120. The van der Waals surface area contributed by atoms with E-state index in [9.17, 15) is 9.59 Å². The van der Waals surface area contributed by atoms with E-state index in [1.807, 2.05) is 6.07 Å². The standard InChI is InChI=1S/C25H17Cl2NO5/c1-31-15-9-6-13(7-10-15)20-21-22(16-4-2-3-5-19(16)32-25(21)30)33-23(20)24(29)28-14-8-11-17(26)18(27)12-14/h2-12,20,23H,1H3,(H,28,29)/t20-,23+/m1/s1. The Morgan fingerprint density at radius 1 is 1.00 bits per heavy atom. The lowest BCUT2D eigenvalue weighted by molar-refractivity contribution is -0.122. The van der Waals surface area contributed by atoms with Crippen LogP contribution in [0.4, 0.5) is 5.69 Å². The van der Waals surface area contributed by atoms with Crippen LogP contribution in [0.15, 0.2) is 75.9 Å². The van der Waals surface area contributed by atoms with Gasteiger partial charge < -0.3 is 19.2 Å². The molecule has 1 N–H and O–H groups in total. The number of para-hydroxylation sites is 1. The topological polar surface area (TPSA) is 77.8 Å². The number of halogens is 2. The number of ether oxygens (including phenoxy) is 2. The summed E-state index contributed by atoms with van der Waals surface area (Å²) in [5.74, 6) is -0.124. The van der Waals surface area contributed by atoms with Gasteiger partial charge in [0.1, 0.15) is 17.1 Å². The maximum Gasteiger partial charge on any atom is 0.344 e. The number of hydrogen-bond donors (Lipinski definition) is 1. The van der Waals surface area contributed by atoms with Crippen molar-refractivity contribution in [3.05, 3.63) is 98.3 Å². The maximum absolute atomic E-state index is 13.4. The molecule has 1 aromatic heterocycles. The van der Waals surface area contributed by atoms with Gasteiger partial charge in [-0.25, -0.2) is 4.79 Å². The average molecular weight is 482 g/mol. The summed E-state index contributed by atoms with van der Waals surface area (Å²) in [6.45, 7) is 0. The Morgan fingerprint density at radius 2 is 1.76 bits per heavy atom. The van der Waals surface area contributed by atoms with E-state index in [4.69, 9.17) is 37.1 Å². The van der Waals surface area contributed by atoms with Gasteiger partial charge in [-0.1, -0.05) is 47.5 Å². The molecule has 2 heterocycles. The number of rotatable bonds is 4. The fourth-order valence-electron chi connectivity index (χ4n) is 4.02. The van der Waals surface area contributed by atoms with Crippen LogP contribution in [-0.2, 0) is 4.79 Å². The van der Waals surface area contributed by atoms with Gasteiger partial charge in [-0.2, -0.15) is 0 Å². The molecular formula is C25H17Cl2NO5. The lowest BCUT2D eigenvalue weighted by atomic mass is 9.88. The van der Waals surface area contributed by atoms with Crippen molar-refractivity contribution in [3.63, 3.8) is 0 Å². The number of carbonyl (C=O) groups excluding carboxylic acids is 1. The van der Waals surface area contributed by atoms with E-state index >= 15 is 0 Å². The first kappa shape index (κ1) is 21.4. The quantitative estimate of drug-likeness (QED) is 0.381. The summed E-state index contributed by atoms with van der Waals surface area (Å²) in [6.07, 6.45) is -1.02. The Kier molecular flexibility index (Phi) is 5.48. The van der Waals surface area contributed by atoms with Gasteiger partial charge in [0.2, 0.25) is 0 Å². The van der Waals surface area contributed by atoms with Crippen LogP contribution in [0.25, 0.3) is 11.0 Å². The van der Waals surface area contributed by atoms with Crippen molar-refractivity contribution < 1.29 is 18.7 Å². The van der Waals surface area contributed by atoms with Crippen molar-refractivity contribution in [1.29, 1.82) is 0 Å². The molecule has 166 valence electrons. The number of benzene rings is 3. The maximum atomic E-state index is 13.4. The molecule has 0 spiro atoms. The molecule has 6 nitrogen and oxygen atoms in total. The van der Waals surface area contributed by atoms with E-state index in [0.29, 0.717) is 49.3 Å². The highest BCUT2D eigenvalue weighted by molar-refractivity contribution is 6.42. The average Bonchev–Trinajstić information content (AvgIpc) is 3.23. The molecule has 1 aliphatic heterocycles. The predicted molar refractivity (Wildman–Crippen MR) is 127 cm³/mol. The van der Waals surface area contributed by atoms with E-state index in [0.717, 1.165) is 0 Å². The molecule has 0 saturated heterocycles. The molecule has 8 heteroatoms. The van der Waals surface area contributed by atoms with Gasteiger partial charge in [0, 0.05) is 5.69 Å². The summed E-state index contributed by atoms with van der Waals surface area (Å²) < 4.78 is 16.9. The van der Waals surface area contributed by atoms with Gasteiger partial charge in [0.05, 0.1) is 34.0 Å². The number of methoxy groups -OCH3 is 1. The molecule has 0 radical (unpaired) electrons.